The summed E-state index contributed by atoms with van der Waals surface area (Å²) < 4.78 is 5.18. The van der Waals surface area contributed by atoms with Gasteiger partial charge in [0, 0.05) is 6.54 Å². The molecular weight excluding hydrogens is 298 g/mol. The van der Waals surface area contributed by atoms with Crippen LogP contribution >= 0.6 is 0 Å². The zero-order valence-corrected chi connectivity index (χ0v) is 12.7. The highest BCUT2D eigenvalue weighted by molar-refractivity contribution is 5.54. The third-order valence-electron chi connectivity index (χ3n) is 3.99. The van der Waals surface area contributed by atoms with E-state index in [2.05, 4.69) is 9.97 Å². The smallest absolute Gasteiger partial charge is 0.329 e. The number of methoxy groups -OCH3 is 1. The fourth-order valence-electron chi connectivity index (χ4n) is 2.84. The van der Waals surface area contributed by atoms with Gasteiger partial charge in [0.1, 0.15) is 11.9 Å². The van der Waals surface area contributed by atoms with Gasteiger partial charge in [-0.15, -0.1) is 0 Å². The number of rotatable bonds is 4. The molecule has 1 aliphatic rings. The Kier molecular flexibility index (Phi) is 3.96. The number of hydrogen-bond acceptors (Lipinski definition) is 7. The first kappa shape index (κ1) is 15.0. The second-order valence-electron chi connectivity index (χ2n) is 5.32. The van der Waals surface area contributed by atoms with Crippen molar-refractivity contribution in [2.75, 3.05) is 24.3 Å². The van der Waals surface area contributed by atoms with E-state index in [-0.39, 0.29) is 17.5 Å². The van der Waals surface area contributed by atoms with Crippen LogP contribution in [0, 0.1) is 10.1 Å². The van der Waals surface area contributed by atoms with Gasteiger partial charge in [-0.1, -0.05) is 12.1 Å². The van der Waals surface area contributed by atoms with Gasteiger partial charge in [0.25, 0.3) is 0 Å². The quantitative estimate of drug-likeness (QED) is 0.681. The van der Waals surface area contributed by atoms with Gasteiger partial charge in [-0.3, -0.25) is 10.1 Å². The topological polar surface area (TPSA) is 107 Å². The summed E-state index contributed by atoms with van der Waals surface area (Å²) >= 11 is 0. The minimum absolute atomic E-state index is 0.111. The molecule has 0 bridgehead atoms. The minimum Gasteiger partial charge on any atom is -0.497 e. The molecule has 8 heteroatoms. The SMILES string of the molecule is COc1ccc([C@H]2CCCN2c2ncc([N+](=O)[O-])c(N)n2)cc1. The first-order valence-electron chi connectivity index (χ1n) is 7.27. The first-order valence-corrected chi connectivity index (χ1v) is 7.27. The molecule has 0 spiro atoms. The third-order valence-corrected chi connectivity index (χ3v) is 3.99. The Morgan fingerprint density at radius 1 is 1.39 bits per heavy atom. The molecule has 0 aliphatic carbocycles. The van der Waals surface area contributed by atoms with Gasteiger partial charge in [-0.2, -0.15) is 4.98 Å². The number of nitrogens with two attached hydrogens (primary N) is 1. The molecule has 0 radical (unpaired) electrons. The number of ether oxygens (including phenoxy) is 1. The fourth-order valence-corrected chi connectivity index (χ4v) is 2.84. The number of nitrogen functional groups attached to an aromatic ring is 1. The Balaban J connectivity index is 1.89. The van der Waals surface area contributed by atoms with Gasteiger partial charge in [0.15, 0.2) is 0 Å². The van der Waals surface area contributed by atoms with E-state index in [0.717, 1.165) is 30.7 Å². The molecule has 1 aromatic carbocycles. The normalized spacial score (nSPS) is 17.3. The summed E-state index contributed by atoms with van der Waals surface area (Å²) in [5.41, 5.74) is 6.53. The monoisotopic (exact) mass is 315 g/mol. The van der Waals surface area contributed by atoms with Gasteiger partial charge in [-0.25, -0.2) is 4.98 Å². The zero-order chi connectivity index (χ0) is 16.4. The standard InChI is InChI=1S/C15H17N5O3/c1-23-11-6-4-10(5-7-11)12-3-2-8-19(12)15-17-9-13(20(21)22)14(16)18-15/h4-7,9,12H,2-3,8H2,1H3,(H2,16,17,18)/t12-/m1/s1. The largest absolute Gasteiger partial charge is 0.497 e. The Bertz CT molecular complexity index is 720. The van der Waals surface area contributed by atoms with E-state index in [1.807, 2.05) is 29.2 Å². The van der Waals surface area contributed by atoms with E-state index >= 15 is 0 Å². The van der Waals surface area contributed by atoms with Crippen LogP contribution < -0.4 is 15.4 Å². The molecule has 0 unspecified atom stereocenters. The van der Waals surface area contributed by atoms with Crippen molar-refractivity contribution in [2.45, 2.75) is 18.9 Å². The summed E-state index contributed by atoms with van der Waals surface area (Å²) in [7, 11) is 1.63. The highest BCUT2D eigenvalue weighted by Crippen LogP contribution is 2.35. The van der Waals surface area contributed by atoms with Gasteiger partial charge in [-0.05, 0) is 30.5 Å². The molecule has 1 atom stereocenters. The van der Waals surface area contributed by atoms with E-state index in [9.17, 15) is 10.1 Å². The molecule has 2 aromatic rings. The average Bonchev–Trinajstić information content (AvgIpc) is 3.04. The molecule has 1 aromatic heterocycles. The van der Waals surface area contributed by atoms with Crippen LogP contribution in [0.25, 0.3) is 0 Å². The van der Waals surface area contributed by atoms with Crippen LogP contribution in [0.1, 0.15) is 24.4 Å². The third kappa shape index (κ3) is 2.87. The molecule has 3 rings (SSSR count). The molecule has 1 saturated heterocycles. The van der Waals surface area contributed by atoms with Crippen LogP contribution in [0.5, 0.6) is 5.75 Å². The van der Waals surface area contributed by atoms with Crippen molar-refractivity contribution in [3.63, 3.8) is 0 Å². The molecule has 1 fully saturated rings. The second-order valence-corrected chi connectivity index (χ2v) is 5.32. The number of nitrogens with zero attached hydrogens (tertiary/aromatic N) is 4. The predicted octanol–water partition coefficient (Wildman–Crippen LogP) is 2.32. The summed E-state index contributed by atoms with van der Waals surface area (Å²) in [5, 5.41) is 10.8. The van der Waals surface area contributed by atoms with Crippen molar-refractivity contribution >= 4 is 17.5 Å². The van der Waals surface area contributed by atoms with Crippen LogP contribution in [0.2, 0.25) is 0 Å². The second kappa shape index (κ2) is 6.07. The van der Waals surface area contributed by atoms with Crippen LogP contribution in [0.15, 0.2) is 30.5 Å². The molecule has 23 heavy (non-hydrogen) atoms. The summed E-state index contributed by atoms with van der Waals surface area (Å²) in [4.78, 5) is 20.5. The number of anilines is 2. The van der Waals surface area contributed by atoms with Crippen molar-refractivity contribution in [2.24, 2.45) is 0 Å². The van der Waals surface area contributed by atoms with Crippen molar-refractivity contribution < 1.29 is 9.66 Å². The molecule has 1 aliphatic heterocycles. The van der Waals surface area contributed by atoms with Gasteiger partial charge < -0.3 is 15.4 Å². The highest BCUT2D eigenvalue weighted by atomic mass is 16.6. The molecule has 0 amide bonds. The molecule has 120 valence electrons. The minimum atomic E-state index is -0.579. The Hall–Kier alpha value is -2.90. The van der Waals surface area contributed by atoms with Gasteiger partial charge in [0.05, 0.1) is 18.1 Å². The maximum absolute atomic E-state index is 10.8. The maximum Gasteiger partial charge on any atom is 0.329 e. The highest BCUT2D eigenvalue weighted by Gasteiger charge is 2.29. The molecule has 2 heterocycles. The predicted molar refractivity (Wildman–Crippen MR) is 85.4 cm³/mol. The number of benzene rings is 1. The lowest BCUT2D eigenvalue weighted by Gasteiger charge is -2.25. The van der Waals surface area contributed by atoms with Gasteiger partial charge in [0.2, 0.25) is 11.8 Å². The van der Waals surface area contributed by atoms with Crippen LogP contribution in [-0.4, -0.2) is 28.5 Å². The molecule has 8 nitrogen and oxygen atoms in total. The van der Waals surface area contributed by atoms with E-state index in [0.29, 0.717) is 5.95 Å². The molecule has 0 saturated carbocycles. The summed E-state index contributed by atoms with van der Waals surface area (Å²) in [6, 6.07) is 7.97. The molecule has 2 N–H and O–H groups in total. The summed E-state index contributed by atoms with van der Waals surface area (Å²) in [6.07, 6.45) is 3.13. The van der Waals surface area contributed by atoms with E-state index in [4.69, 9.17) is 10.5 Å². The van der Waals surface area contributed by atoms with E-state index in [1.165, 1.54) is 6.20 Å². The number of nitro groups is 1. The Labute approximate surface area is 133 Å². The summed E-state index contributed by atoms with van der Waals surface area (Å²) in [5.74, 6) is 1.11. The van der Waals surface area contributed by atoms with Crippen molar-refractivity contribution in [3.05, 3.63) is 46.1 Å². The lowest BCUT2D eigenvalue weighted by atomic mass is 10.0. The van der Waals surface area contributed by atoms with Crippen molar-refractivity contribution in [1.29, 1.82) is 0 Å². The Morgan fingerprint density at radius 2 is 2.13 bits per heavy atom. The van der Waals surface area contributed by atoms with Crippen LogP contribution in [0.3, 0.4) is 0 Å². The average molecular weight is 315 g/mol. The lowest BCUT2D eigenvalue weighted by Crippen LogP contribution is -2.25. The van der Waals surface area contributed by atoms with Crippen LogP contribution in [-0.2, 0) is 0 Å². The van der Waals surface area contributed by atoms with E-state index < -0.39 is 4.92 Å². The fraction of sp³-hybridized carbons (Fsp3) is 0.333. The Morgan fingerprint density at radius 3 is 2.74 bits per heavy atom. The van der Waals surface area contributed by atoms with E-state index in [1.54, 1.807) is 7.11 Å². The lowest BCUT2D eigenvalue weighted by molar-refractivity contribution is -0.384. The number of aromatic nitrogens is 2. The number of hydrogen-bond donors (Lipinski definition) is 1. The van der Waals surface area contributed by atoms with Crippen molar-refractivity contribution in [1.82, 2.24) is 9.97 Å². The summed E-state index contributed by atoms with van der Waals surface area (Å²) in [6.45, 7) is 0.786. The zero-order valence-electron chi connectivity index (χ0n) is 12.7. The van der Waals surface area contributed by atoms with Crippen molar-refractivity contribution in [3.8, 4) is 5.75 Å². The van der Waals surface area contributed by atoms with Gasteiger partial charge >= 0.3 is 5.69 Å². The van der Waals surface area contributed by atoms with Crippen LogP contribution in [0.4, 0.5) is 17.5 Å². The molecular formula is C15H17N5O3. The first-order chi connectivity index (χ1) is 11.1. The maximum atomic E-state index is 10.8.